The molecule has 0 fully saturated rings. The second-order valence-corrected chi connectivity index (χ2v) is 6.08. The van der Waals surface area contributed by atoms with Gasteiger partial charge >= 0.3 is 0 Å². The first-order chi connectivity index (χ1) is 9.55. The molecule has 106 valence electrons. The van der Waals surface area contributed by atoms with Gasteiger partial charge in [0.25, 0.3) is 10.0 Å². The van der Waals surface area contributed by atoms with E-state index in [1.807, 2.05) is 0 Å². The van der Waals surface area contributed by atoms with E-state index in [9.17, 15) is 8.42 Å². The van der Waals surface area contributed by atoms with Crippen LogP contribution in [0.15, 0.2) is 47.9 Å². The fourth-order valence-corrected chi connectivity index (χ4v) is 2.90. The number of hydrogen-bond acceptors (Lipinski definition) is 6. The number of nitrogen functional groups attached to an aromatic ring is 1. The molecule has 20 heavy (non-hydrogen) atoms. The standard InChI is InChI=1S/C12H15N5O2S/c1-17(9-10-4-7-14-8-5-10)20(18,19)12-11(16-13)3-2-6-15-12/h2-8,16H,9,13H2,1H3. The van der Waals surface area contributed by atoms with Crippen molar-refractivity contribution in [2.75, 3.05) is 12.5 Å². The molecule has 0 atom stereocenters. The van der Waals surface area contributed by atoms with Crippen LogP contribution in [-0.4, -0.2) is 29.7 Å². The molecule has 2 heterocycles. The summed E-state index contributed by atoms with van der Waals surface area (Å²) in [5, 5.41) is -0.0981. The Morgan fingerprint density at radius 2 is 1.95 bits per heavy atom. The molecule has 2 aromatic heterocycles. The Hall–Kier alpha value is -2.03. The molecule has 0 aliphatic carbocycles. The van der Waals surface area contributed by atoms with Gasteiger partial charge in [-0.1, -0.05) is 0 Å². The summed E-state index contributed by atoms with van der Waals surface area (Å²) >= 11 is 0. The molecule has 0 bridgehead atoms. The molecule has 0 aliphatic heterocycles. The average Bonchev–Trinajstić information content (AvgIpc) is 2.48. The lowest BCUT2D eigenvalue weighted by Gasteiger charge is -2.18. The first kappa shape index (κ1) is 14.4. The van der Waals surface area contributed by atoms with E-state index in [1.165, 1.54) is 17.5 Å². The van der Waals surface area contributed by atoms with Gasteiger partial charge in [0.15, 0.2) is 5.03 Å². The van der Waals surface area contributed by atoms with Crippen molar-refractivity contribution in [2.24, 2.45) is 5.84 Å². The summed E-state index contributed by atoms with van der Waals surface area (Å²) < 4.78 is 26.2. The van der Waals surface area contributed by atoms with Crippen molar-refractivity contribution < 1.29 is 8.42 Å². The first-order valence-electron chi connectivity index (χ1n) is 5.82. The minimum Gasteiger partial charge on any atom is -0.321 e. The van der Waals surface area contributed by atoms with Gasteiger partial charge in [0.05, 0.1) is 5.69 Å². The van der Waals surface area contributed by atoms with Crippen LogP contribution in [0.4, 0.5) is 5.69 Å². The third-order valence-corrected chi connectivity index (χ3v) is 4.50. The number of anilines is 1. The van der Waals surface area contributed by atoms with Crippen LogP contribution in [0.2, 0.25) is 0 Å². The van der Waals surface area contributed by atoms with Crippen LogP contribution < -0.4 is 11.3 Å². The highest BCUT2D eigenvalue weighted by atomic mass is 32.2. The van der Waals surface area contributed by atoms with E-state index in [-0.39, 0.29) is 17.3 Å². The third kappa shape index (κ3) is 2.93. The number of sulfonamides is 1. The fraction of sp³-hybridized carbons (Fsp3) is 0.167. The number of pyridine rings is 2. The van der Waals surface area contributed by atoms with Gasteiger partial charge in [0.2, 0.25) is 0 Å². The Morgan fingerprint density at radius 3 is 2.60 bits per heavy atom. The largest absolute Gasteiger partial charge is 0.321 e. The summed E-state index contributed by atoms with van der Waals surface area (Å²) in [6.07, 6.45) is 4.64. The monoisotopic (exact) mass is 293 g/mol. The van der Waals surface area contributed by atoms with E-state index >= 15 is 0 Å². The maximum absolute atomic E-state index is 12.5. The maximum Gasteiger partial charge on any atom is 0.262 e. The van der Waals surface area contributed by atoms with E-state index in [1.54, 1.807) is 36.7 Å². The quantitative estimate of drug-likeness (QED) is 0.618. The second-order valence-electron chi connectivity index (χ2n) is 4.12. The molecular formula is C12H15N5O2S. The van der Waals surface area contributed by atoms with Crippen LogP contribution in [0.3, 0.4) is 0 Å². The lowest BCUT2D eigenvalue weighted by atomic mass is 10.3. The number of hydrazine groups is 1. The molecule has 0 amide bonds. The second kappa shape index (κ2) is 5.95. The number of rotatable bonds is 5. The Balaban J connectivity index is 2.30. The topological polar surface area (TPSA) is 101 Å². The Bertz CT molecular complexity index is 675. The third-order valence-electron chi connectivity index (χ3n) is 2.74. The number of nitrogens with one attached hydrogen (secondary N) is 1. The van der Waals surface area contributed by atoms with E-state index < -0.39 is 10.0 Å². The van der Waals surface area contributed by atoms with Crippen LogP contribution in [0.25, 0.3) is 0 Å². The smallest absolute Gasteiger partial charge is 0.262 e. The van der Waals surface area contributed by atoms with Gasteiger partial charge < -0.3 is 5.43 Å². The summed E-state index contributed by atoms with van der Waals surface area (Å²) in [5.41, 5.74) is 3.44. The minimum absolute atomic E-state index is 0.0981. The molecule has 0 aliphatic rings. The van der Waals surface area contributed by atoms with Crippen LogP contribution in [0.1, 0.15) is 5.56 Å². The predicted octanol–water partition coefficient (Wildman–Crippen LogP) is 0.583. The number of nitrogens with zero attached hydrogens (tertiary/aromatic N) is 3. The van der Waals surface area contributed by atoms with E-state index in [0.29, 0.717) is 0 Å². The lowest BCUT2D eigenvalue weighted by Crippen LogP contribution is -2.28. The zero-order valence-corrected chi connectivity index (χ0v) is 11.7. The SMILES string of the molecule is CN(Cc1ccncc1)S(=O)(=O)c1ncccc1NN. The van der Waals surface area contributed by atoms with Crippen LogP contribution >= 0.6 is 0 Å². The van der Waals surface area contributed by atoms with Crippen LogP contribution in [0.5, 0.6) is 0 Å². The van der Waals surface area contributed by atoms with Gasteiger partial charge in [-0.15, -0.1) is 0 Å². The van der Waals surface area contributed by atoms with E-state index in [0.717, 1.165) is 5.56 Å². The van der Waals surface area contributed by atoms with E-state index in [2.05, 4.69) is 15.4 Å². The number of aromatic nitrogens is 2. The molecule has 0 saturated heterocycles. The normalized spacial score (nSPS) is 11.6. The number of hydrogen-bond donors (Lipinski definition) is 2. The van der Waals surface area contributed by atoms with Crippen molar-refractivity contribution in [3.05, 3.63) is 48.4 Å². The first-order valence-corrected chi connectivity index (χ1v) is 7.26. The fourth-order valence-electron chi connectivity index (χ4n) is 1.68. The highest BCUT2D eigenvalue weighted by Crippen LogP contribution is 2.21. The van der Waals surface area contributed by atoms with Crippen LogP contribution in [-0.2, 0) is 16.6 Å². The summed E-state index contributed by atoms with van der Waals surface area (Å²) in [7, 11) is -2.23. The molecule has 7 nitrogen and oxygen atoms in total. The molecule has 0 unspecified atom stereocenters. The van der Waals surface area contributed by atoms with Gasteiger partial charge in [-0.05, 0) is 29.8 Å². The summed E-state index contributed by atoms with van der Waals surface area (Å²) in [6, 6.07) is 6.68. The number of nitrogens with two attached hydrogens (primary N) is 1. The minimum atomic E-state index is -3.72. The molecule has 0 spiro atoms. The summed E-state index contributed by atoms with van der Waals surface area (Å²) in [6.45, 7) is 0.228. The predicted molar refractivity (Wildman–Crippen MR) is 74.9 cm³/mol. The molecule has 8 heteroatoms. The van der Waals surface area contributed by atoms with Crippen molar-refractivity contribution in [3.63, 3.8) is 0 Å². The lowest BCUT2D eigenvalue weighted by molar-refractivity contribution is 0.464. The van der Waals surface area contributed by atoms with Crippen molar-refractivity contribution in [1.82, 2.24) is 14.3 Å². The van der Waals surface area contributed by atoms with Gasteiger partial charge in [0.1, 0.15) is 0 Å². The van der Waals surface area contributed by atoms with Crippen molar-refractivity contribution >= 4 is 15.7 Å². The zero-order chi connectivity index (χ0) is 14.6. The van der Waals surface area contributed by atoms with Gasteiger partial charge in [-0.25, -0.2) is 13.4 Å². The van der Waals surface area contributed by atoms with Crippen LogP contribution in [0, 0.1) is 0 Å². The Kier molecular flexibility index (Phi) is 4.28. The molecule has 2 rings (SSSR count). The van der Waals surface area contributed by atoms with E-state index in [4.69, 9.17) is 5.84 Å². The summed E-state index contributed by atoms with van der Waals surface area (Å²) in [5.74, 6) is 5.32. The van der Waals surface area contributed by atoms with Gasteiger partial charge in [-0.3, -0.25) is 10.8 Å². The molecule has 0 saturated carbocycles. The highest BCUT2D eigenvalue weighted by Gasteiger charge is 2.25. The molecule has 2 aromatic rings. The molecular weight excluding hydrogens is 278 g/mol. The average molecular weight is 293 g/mol. The molecule has 0 radical (unpaired) electrons. The van der Waals surface area contributed by atoms with Crippen molar-refractivity contribution in [1.29, 1.82) is 0 Å². The summed E-state index contributed by atoms with van der Waals surface area (Å²) in [4.78, 5) is 7.79. The maximum atomic E-state index is 12.5. The van der Waals surface area contributed by atoms with Crippen molar-refractivity contribution in [3.8, 4) is 0 Å². The highest BCUT2D eigenvalue weighted by molar-refractivity contribution is 7.89. The zero-order valence-electron chi connectivity index (χ0n) is 10.9. The molecule has 0 aromatic carbocycles. The molecule has 3 N–H and O–H groups in total. The Morgan fingerprint density at radius 1 is 1.25 bits per heavy atom. The van der Waals surface area contributed by atoms with Crippen molar-refractivity contribution in [2.45, 2.75) is 11.6 Å². The van der Waals surface area contributed by atoms with Gasteiger partial charge in [-0.2, -0.15) is 4.31 Å². The Labute approximate surface area is 117 Å². The van der Waals surface area contributed by atoms with Gasteiger partial charge in [0, 0.05) is 32.2 Å².